The summed E-state index contributed by atoms with van der Waals surface area (Å²) < 4.78 is 6.01. The maximum atomic E-state index is 12.8. The van der Waals surface area contributed by atoms with Crippen molar-refractivity contribution in [2.75, 3.05) is 19.0 Å². The van der Waals surface area contributed by atoms with Crippen molar-refractivity contribution in [1.29, 1.82) is 0 Å². The summed E-state index contributed by atoms with van der Waals surface area (Å²) in [5.41, 5.74) is 4.73. The van der Waals surface area contributed by atoms with E-state index in [1.807, 2.05) is 79.7 Å². The third kappa shape index (κ3) is 3.78. The van der Waals surface area contributed by atoms with Gasteiger partial charge in [-0.05, 0) is 42.0 Å². The Balaban J connectivity index is 1.42. The van der Waals surface area contributed by atoms with Gasteiger partial charge in [0.2, 0.25) is 0 Å². The van der Waals surface area contributed by atoms with E-state index in [4.69, 9.17) is 4.42 Å². The van der Waals surface area contributed by atoms with Crippen molar-refractivity contribution in [2.45, 2.75) is 6.54 Å². The van der Waals surface area contributed by atoms with E-state index in [0.29, 0.717) is 23.5 Å². The van der Waals surface area contributed by atoms with Crippen LogP contribution in [-0.4, -0.2) is 30.0 Å². The number of para-hydroxylation sites is 1. The average molecular weight is 422 g/mol. The highest BCUT2D eigenvalue weighted by atomic mass is 16.3. The van der Waals surface area contributed by atoms with Crippen LogP contribution >= 0.6 is 0 Å². The van der Waals surface area contributed by atoms with Crippen molar-refractivity contribution >= 4 is 33.5 Å². The lowest BCUT2D eigenvalue weighted by Gasteiger charge is -2.13. The smallest absolute Gasteiger partial charge is 0.270 e. The van der Waals surface area contributed by atoms with Gasteiger partial charge in [0.05, 0.1) is 11.1 Å². The molecule has 0 aliphatic rings. The normalized spacial score (nSPS) is 11.1. The quantitative estimate of drug-likeness (QED) is 0.430. The number of nitrogens with one attached hydrogen (secondary N) is 1. The second kappa shape index (κ2) is 8.15. The summed E-state index contributed by atoms with van der Waals surface area (Å²) in [5.74, 6) is 0.450. The van der Waals surface area contributed by atoms with E-state index >= 15 is 0 Å². The number of carbonyl (C=O) groups excluding carboxylic acids is 1. The van der Waals surface area contributed by atoms with E-state index in [2.05, 4.69) is 15.3 Å². The van der Waals surface area contributed by atoms with Crippen molar-refractivity contribution < 1.29 is 9.21 Å². The third-order valence-corrected chi connectivity index (χ3v) is 5.43. The molecule has 2 aromatic carbocycles. The first-order valence-corrected chi connectivity index (χ1v) is 10.4. The molecule has 158 valence electrons. The molecule has 6 heteroatoms. The van der Waals surface area contributed by atoms with Gasteiger partial charge in [0, 0.05) is 49.5 Å². The molecule has 5 aromatic rings. The second-order valence-electron chi connectivity index (χ2n) is 7.85. The molecular formula is C26H22N4O2. The summed E-state index contributed by atoms with van der Waals surface area (Å²) in [5, 5.41) is 4.81. The molecule has 0 aliphatic heterocycles. The van der Waals surface area contributed by atoms with Gasteiger partial charge >= 0.3 is 0 Å². The number of benzene rings is 2. The number of fused-ring (bicyclic) bond motifs is 2. The van der Waals surface area contributed by atoms with E-state index < -0.39 is 0 Å². The molecule has 5 rings (SSSR count). The number of aromatic nitrogens is 2. The van der Waals surface area contributed by atoms with E-state index in [1.54, 1.807) is 18.5 Å². The SMILES string of the molecule is CN(C)c1ccc(CNC(=O)c2ccc3cncc(-c4cc5ccccc5o4)c3n2)cc1. The molecule has 0 spiro atoms. The zero-order valence-electron chi connectivity index (χ0n) is 17.9. The molecule has 0 aliphatic carbocycles. The maximum Gasteiger partial charge on any atom is 0.270 e. The molecule has 3 aromatic heterocycles. The molecule has 0 saturated heterocycles. The summed E-state index contributed by atoms with van der Waals surface area (Å²) in [6.45, 7) is 0.430. The molecule has 3 heterocycles. The van der Waals surface area contributed by atoms with Gasteiger partial charge < -0.3 is 14.6 Å². The Morgan fingerprint density at radius 3 is 2.56 bits per heavy atom. The Kier molecular flexibility index (Phi) is 5.03. The van der Waals surface area contributed by atoms with Gasteiger partial charge in [-0.1, -0.05) is 30.3 Å². The molecule has 0 unspecified atom stereocenters. The minimum atomic E-state index is -0.226. The van der Waals surface area contributed by atoms with Gasteiger partial charge in [-0.25, -0.2) is 4.98 Å². The monoisotopic (exact) mass is 422 g/mol. The van der Waals surface area contributed by atoms with E-state index in [-0.39, 0.29) is 5.91 Å². The van der Waals surface area contributed by atoms with E-state index in [1.165, 1.54) is 0 Å². The van der Waals surface area contributed by atoms with Crippen LogP contribution in [0.1, 0.15) is 16.1 Å². The zero-order chi connectivity index (χ0) is 22.1. The van der Waals surface area contributed by atoms with Crippen LogP contribution in [0, 0.1) is 0 Å². The second-order valence-corrected chi connectivity index (χ2v) is 7.85. The Labute approximate surface area is 185 Å². The third-order valence-electron chi connectivity index (χ3n) is 5.43. The van der Waals surface area contributed by atoms with Gasteiger partial charge in [-0.3, -0.25) is 9.78 Å². The molecule has 0 radical (unpaired) electrons. The lowest BCUT2D eigenvalue weighted by atomic mass is 10.1. The minimum Gasteiger partial charge on any atom is -0.456 e. The standard InChI is InChI=1S/C26H22N4O2/c1-30(2)20-10-7-17(8-11-20)14-28-26(31)22-12-9-19-15-27-16-21(25(19)29-22)24-13-18-5-3-4-6-23(18)32-24/h3-13,15-16H,14H2,1-2H3,(H,28,31). The Morgan fingerprint density at radius 1 is 0.969 bits per heavy atom. The van der Waals surface area contributed by atoms with E-state index in [9.17, 15) is 4.79 Å². The van der Waals surface area contributed by atoms with Crippen LogP contribution in [-0.2, 0) is 6.54 Å². The maximum absolute atomic E-state index is 12.8. The number of rotatable bonds is 5. The molecule has 6 nitrogen and oxygen atoms in total. The number of carbonyl (C=O) groups is 1. The number of hydrogen-bond acceptors (Lipinski definition) is 5. The Bertz CT molecular complexity index is 1390. The molecule has 1 amide bonds. The highest BCUT2D eigenvalue weighted by Gasteiger charge is 2.14. The molecule has 0 saturated carbocycles. The molecule has 1 N–H and O–H groups in total. The first-order chi connectivity index (χ1) is 15.6. The summed E-state index contributed by atoms with van der Waals surface area (Å²) in [6.07, 6.45) is 3.46. The lowest BCUT2D eigenvalue weighted by Crippen LogP contribution is -2.23. The molecule has 32 heavy (non-hydrogen) atoms. The van der Waals surface area contributed by atoms with Gasteiger partial charge in [-0.15, -0.1) is 0 Å². The van der Waals surface area contributed by atoms with Crippen LogP contribution < -0.4 is 10.2 Å². The predicted octanol–water partition coefficient (Wildman–Crippen LogP) is 5.04. The number of nitrogens with zero attached hydrogens (tertiary/aromatic N) is 3. The Hall–Kier alpha value is -4.19. The van der Waals surface area contributed by atoms with Crippen LogP contribution in [0.15, 0.2) is 83.5 Å². The zero-order valence-corrected chi connectivity index (χ0v) is 17.9. The fourth-order valence-electron chi connectivity index (χ4n) is 3.65. The summed E-state index contributed by atoms with van der Waals surface area (Å²) >= 11 is 0. The molecular weight excluding hydrogens is 400 g/mol. The minimum absolute atomic E-state index is 0.226. The highest BCUT2D eigenvalue weighted by molar-refractivity contribution is 5.98. The van der Waals surface area contributed by atoms with E-state index in [0.717, 1.165) is 33.2 Å². The van der Waals surface area contributed by atoms with Crippen LogP contribution in [0.2, 0.25) is 0 Å². The summed E-state index contributed by atoms with van der Waals surface area (Å²) in [7, 11) is 3.99. The largest absolute Gasteiger partial charge is 0.456 e. The average Bonchev–Trinajstić information content (AvgIpc) is 3.26. The van der Waals surface area contributed by atoms with Crippen molar-refractivity contribution in [3.05, 3.63) is 90.4 Å². The summed E-state index contributed by atoms with van der Waals surface area (Å²) in [4.78, 5) is 23.8. The topological polar surface area (TPSA) is 71.3 Å². The number of amides is 1. The molecule has 0 bridgehead atoms. The van der Waals surface area contributed by atoms with Crippen LogP contribution in [0.4, 0.5) is 5.69 Å². The number of hydrogen-bond donors (Lipinski definition) is 1. The van der Waals surface area contributed by atoms with Crippen LogP contribution in [0.5, 0.6) is 0 Å². The first kappa shape index (κ1) is 19.8. The van der Waals surface area contributed by atoms with Gasteiger partial charge in [-0.2, -0.15) is 0 Å². The van der Waals surface area contributed by atoms with Crippen molar-refractivity contribution in [2.24, 2.45) is 0 Å². The van der Waals surface area contributed by atoms with Crippen molar-refractivity contribution in [3.63, 3.8) is 0 Å². The first-order valence-electron chi connectivity index (χ1n) is 10.4. The van der Waals surface area contributed by atoms with Gasteiger partial charge in [0.15, 0.2) is 0 Å². The highest BCUT2D eigenvalue weighted by Crippen LogP contribution is 2.31. The van der Waals surface area contributed by atoms with Crippen LogP contribution in [0.3, 0.4) is 0 Å². The number of anilines is 1. The fraction of sp³-hybridized carbons (Fsp3) is 0.115. The van der Waals surface area contributed by atoms with Crippen LogP contribution in [0.25, 0.3) is 33.2 Å². The Morgan fingerprint density at radius 2 is 1.78 bits per heavy atom. The van der Waals surface area contributed by atoms with Crippen molar-refractivity contribution in [1.82, 2.24) is 15.3 Å². The molecule has 0 fully saturated rings. The van der Waals surface area contributed by atoms with Gasteiger partial charge in [0.25, 0.3) is 5.91 Å². The fourth-order valence-corrected chi connectivity index (χ4v) is 3.65. The lowest BCUT2D eigenvalue weighted by molar-refractivity contribution is 0.0946. The van der Waals surface area contributed by atoms with Crippen molar-refractivity contribution in [3.8, 4) is 11.3 Å². The predicted molar refractivity (Wildman–Crippen MR) is 127 cm³/mol. The van der Waals surface area contributed by atoms with Gasteiger partial charge in [0.1, 0.15) is 17.0 Å². The number of pyridine rings is 2. The molecule has 0 atom stereocenters. The summed E-state index contributed by atoms with van der Waals surface area (Å²) in [6, 6.07) is 21.5. The number of furan rings is 1.